The van der Waals surface area contributed by atoms with Gasteiger partial charge >= 0.3 is 0 Å². The second-order valence-corrected chi connectivity index (χ2v) is 6.23. The Morgan fingerprint density at radius 2 is 1.75 bits per heavy atom. The summed E-state index contributed by atoms with van der Waals surface area (Å²) in [6.07, 6.45) is 1.84. The zero-order valence-corrected chi connectivity index (χ0v) is 14.1. The molecule has 0 atom stereocenters. The lowest BCUT2D eigenvalue weighted by Crippen LogP contribution is -2.46. The maximum absolute atomic E-state index is 12.3. The number of hydrogen-bond acceptors (Lipinski definition) is 3. The summed E-state index contributed by atoms with van der Waals surface area (Å²) < 4.78 is 3.80. The lowest BCUT2D eigenvalue weighted by Gasteiger charge is -2.32. The first kappa shape index (κ1) is 16.5. The minimum Gasteiger partial charge on any atom is -0.343 e. The quantitative estimate of drug-likeness (QED) is 0.747. The predicted molar refractivity (Wildman–Crippen MR) is 93.5 cm³/mol. The molecule has 0 radical (unpaired) electrons. The Balaban J connectivity index is 1.64. The Bertz CT molecular complexity index is 727. The Morgan fingerprint density at radius 3 is 2.42 bits per heavy atom. The highest BCUT2D eigenvalue weighted by atomic mass is 16.1. The second kappa shape index (κ2) is 7.49. The molecule has 3 rings (SSSR count). The minimum absolute atomic E-state index is 0.0436. The van der Waals surface area contributed by atoms with Crippen LogP contribution in [0.5, 0.6) is 0 Å². The molecule has 1 aromatic heterocycles. The monoisotopic (exact) mass is 328 g/mol. The van der Waals surface area contributed by atoms with E-state index in [4.69, 9.17) is 0 Å². The smallest absolute Gasteiger partial charge is 0.267 e. The van der Waals surface area contributed by atoms with Gasteiger partial charge in [0.25, 0.3) is 5.56 Å². The van der Waals surface area contributed by atoms with Crippen LogP contribution in [0.1, 0.15) is 12.1 Å². The summed E-state index contributed by atoms with van der Waals surface area (Å²) in [5.41, 5.74) is 2.00. The summed E-state index contributed by atoms with van der Waals surface area (Å²) in [5, 5.41) is 0. The van der Waals surface area contributed by atoms with Crippen molar-refractivity contribution in [2.45, 2.75) is 19.9 Å². The molecule has 0 N–H and O–H groups in total. The van der Waals surface area contributed by atoms with E-state index in [2.05, 4.69) is 4.90 Å². The van der Waals surface area contributed by atoms with Gasteiger partial charge in [0.2, 0.25) is 6.41 Å². The van der Waals surface area contributed by atoms with Gasteiger partial charge in [0, 0.05) is 51.0 Å². The third-order valence-corrected chi connectivity index (χ3v) is 4.56. The van der Waals surface area contributed by atoms with Gasteiger partial charge in [-0.2, -0.15) is 0 Å². The van der Waals surface area contributed by atoms with Crippen LogP contribution in [-0.4, -0.2) is 58.3 Å². The molecule has 0 spiro atoms. The van der Waals surface area contributed by atoms with Crippen LogP contribution in [-0.2, 0) is 11.3 Å². The van der Waals surface area contributed by atoms with Crippen LogP contribution in [0.4, 0.5) is 0 Å². The first-order valence-electron chi connectivity index (χ1n) is 8.45. The van der Waals surface area contributed by atoms with Crippen LogP contribution in [0.25, 0.3) is 5.69 Å². The van der Waals surface area contributed by atoms with Gasteiger partial charge in [0.1, 0.15) is 0 Å². The van der Waals surface area contributed by atoms with E-state index in [-0.39, 0.29) is 5.56 Å². The maximum atomic E-state index is 12.3. The zero-order chi connectivity index (χ0) is 16.9. The summed E-state index contributed by atoms with van der Waals surface area (Å²) in [5.74, 6) is 0. The van der Waals surface area contributed by atoms with Crippen LogP contribution < -0.4 is 5.56 Å². The molecule has 1 aliphatic rings. The van der Waals surface area contributed by atoms with Gasteiger partial charge in [0.15, 0.2) is 0 Å². The number of para-hydroxylation sites is 1. The van der Waals surface area contributed by atoms with Crippen molar-refractivity contribution in [3.8, 4) is 5.69 Å². The summed E-state index contributed by atoms with van der Waals surface area (Å²) in [4.78, 5) is 27.2. The topological polar surface area (TPSA) is 50.5 Å². The molecule has 0 bridgehead atoms. The van der Waals surface area contributed by atoms with Crippen LogP contribution in [0.15, 0.2) is 41.2 Å². The van der Waals surface area contributed by atoms with Gasteiger partial charge < -0.3 is 4.90 Å². The molecule has 0 unspecified atom stereocenters. The molecule has 128 valence electrons. The molecule has 1 fully saturated rings. The molecule has 1 saturated heterocycles. The van der Waals surface area contributed by atoms with Gasteiger partial charge in [-0.1, -0.05) is 18.2 Å². The maximum Gasteiger partial charge on any atom is 0.267 e. The van der Waals surface area contributed by atoms with Gasteiger partial charge in [-0.25, -0.2) is 4.68 Å². The average molecular weight is 328 g/mol. The number of aryl methyl sites for hydroxylation is 1. The number of carbonyl (C=O) groups excluding carboxylic acids is 1. The number of amides is 1. The highest BCUT2D eigenvalue weighted by molar-refractivity contribution is 5.47. The van der Waals surface area contributed by atoms with Crippen molar-refractivity contribution in [1.29, 1.82) is 0 Å². The van der Waals surface area contributed by atoms with E-state index in [9.17, 15) is 9.59 Å². The summed E-state index contributed by atoms with van der Waals surface area (Å²) in [6, 6.07) is 11.7. The summed E-state index contributed by atoms with van der Waals surface area (Å²) in [6.45, 7) is 7.00. The number of piperazine rings is 1. The summed E-state index contributed by atoms with van der Waals surface area (Å²) in [7, 11) is 0. The molecular formula is C18H24N4O2. The normalized spacial score (nSPS) is 15.6. The van der Waals surface area contributed by atoms with Crippen molar-refractivity contribution in [2.24, 2.45) is 0 Å². The first-order chi connectivity index (χ1) is 11.7. The van der Waals surface area contributed by atoms with E-state index in [1.165, 1.54) is 0 Å². The van der Waals surface area contributed by atoms with E-state index in [1.54, 1.807) is 6.07 Å². The van der Waals surface area contributed by atoms with Crippen LogP contribution >= 0.6 is 0 Å². The Labute approximate surface area is 141 Å². The third kappa shape index (κ3) is 3.59. The molecule has 6 nitrogen and oxygen atoms in total. The van der Waals surface area contributed by atoms with Gasteiger partial charge in [-0.15, -0.1) is 0 Å². The third-order valence-electron chi connectivity index (χ3n) is 4.56. The Hall–Kier alpha value is -2.34. The van der Waals surface area contributed by atoms with E-state index in [1.807, 2.05) is 51.5 Å². The Kier molecular flexibility index (Phi) is 5.15. The molecule has 1 aliphatic heterocycles. The number of aromatic nitrogens is 2. The van der Waals surface area contributed by atoms with Crippen molar-refractivity contribution in [3.63, 3.8) is 0 Å². The van der Waals surface area contributed by atoms with E-state index in [0.29, 0.717) is 6.54 Å². The minimum atomic E-state index is 0.0436. The van der Waals surface area contributed by atoms with Crippen LogP contribution in [0.2, 0.25) is 0 Å². The van der Waals surface area contributed by atoms with Crippen LogP contribution in [0, 0.1) is 6.92 Å². The number of benzene rings is 1. The number of carbonyl (C=O) groups is 1. The van der Waals surface area contributed by atoms with Crippen molar-refractivity contribution < 1.29 is 4.79 Å². The standard InChI is InChI=1S/C18H24N4O2/c1-16-14-18(24)21(22(16)17-6-3-2-4-7-17)9-5-8-19-10-12-20(15-23)13-11-19/h2-4,6-7,14-15H,5,8-13H2,1H3. The van der Waals surface area contributed by atoms with Gasteiger partial charge in [0.05, 0.1) is 5.69 Å². The molecule has 2 heterocycles. The molecule has 0 aliphatic carbocycles. The SMILES string of the molecule is Cc1cc(=O)n(CCCN2CCN(C=O)CC2)n1-c1ccccc1. The molecule has 24 heavy (non-hydrogen) atoms. The molecule has 1 amide bonds. The lowest BCUT2D eigenvalue weighted by atomic mass is 10.3. The van der Waals surface area contributed by atoms with E-state index >= 15 is 0 Å². The first-order valence-corrected chi connectivity index (χ1v) is 8.45. The predicted octanol–water partition coefficient (Wildman–Crippen LogP) is 1.11. The zero-order valence-electron chi connectivity index (χ0n) is 14.1. The Morgan fingerprint density at radius 1 is 1.04 bits per heavy atom. The van der Waals surface area contributed by atoms with Gasteiger partial charge in [-0.3, -0.25) is 19.2 Å². The fourth-order valence-corrected chi connectivity index (χ4v) is 3.26. The molecule has 1 aromatic carbocycles. The molecular weight excluding hydrogens is 304 g/mol. The molecule has 6 heteroatoms. The fraction of sp³-hybridized carbons (Fsp3) is 0.444. The number of rotatable bonds is 6. The highest BCUT2D eigenvalue weighted by Gasteiger charge is 2.15. The van der Waals surface area contributed by atoms with Gasteiger partial charge in [-0.05, 0) is 25.5 Å². The van der Waals surface area contributed by atoms with Crippen molar-refractivity contribution in [3.05, 3.63) is 52.4 Å². The number of hydrogen-bond donors (Lipinski definition) is 0. The van der Waals surface area contributed by atoms with E-state index in [0.717, 1.165) is 56.9 Å². The van der Waals surface area contributed by atoms with Crippen molar-refractivity contribution in [1.82, 2.24) is 19.2 Å². The highest BCUT2D eigenvalue weighted by Crippen LogP contribution is 2.10. The number of nitrogens with zero attached hydrogens (tertiary/aromatic N) is 4. The lowest BCUT2D eigenvalue weighted by molar-refractivity contribution is -0.119. The average Bonchev–Trinajstić information content (AvgIpc) is 2.90. The van der Waals surface area contributed by atoms with E-state index < -0.39 is 0 Å². The summed E-state index contributed by atoms with van der Waals surface area (Å²) >= 11 is 0. The largest absolute Gasteiger partial charge is 0.343 e. The van der Waals surface area contributed by atoms with Crippen LogP contribution in [0.3, 0.4) is 0 Å². The molecule has 2 aromatic rings. The molecule has 0 saturated carbocycles. The van der Waals surface area contributed by atoms with Crippen molar-refractivity contribution in [2.75, 3.05) is 32.7 Å². The van der Waals surface area contributed by atoms with Crippen molar-refractivity contribution >= 4 is 6.41 Å². The fourth-order valence-electron chi connectivity index (χ4n) is 3.26. The second-order valence-electron chi connectivity index (χ2n) is 6.23.